The second kappa shape index (κ2) is 56.2. The van der Waals surface area contributed by atoms with E-state index in [1.807, 2.05) is 346 Å². The average molecular weight is 2290 g/mol. The molecule has 0 aliphatic carbocycles. The van der Waals surface area contributed by atoms with Crippen LogP contribution < -0.4 is 33.0 Å². The number of carbonyl (C=O) groups excluding carboxylic acids is 5. The molecule has 118 heavy (non-hydrogen) atoms. The molecule has 0 spiro atoms. The number of rotatable bonds is 22. The van der Waals surface area contributed by atoms with Crippen molar-refractivity contribution in [2.45, 2.75) is 116 Å². The van der Waals surface area contributed by atoms with Gasteiger partial charge in [-0.1, -0.05) is 7.43 Å². The Balaban J connectivity index is -0.00000133. The average Bonchev–Trinajstić information content (AvgIpc) is 0.818. The van der Waals surface area contributed by atoms with Gasteiger partial charge in [0.25, 0.3) is 0 Å². The van der Waals surface area contributed by atoms with Gasteiger partial charge in [-0.15, -0.1) is 0 Å². The fourth-order valence-corrected chi connectivity index (χ4v) is 11.3. The standard InChI is InChI=1S/C19H20N4O2Te2.C14H20N2O2Se.C13H18N2O2Se.C13H18N2O2Te.C8H10N2Te.C3H4O4.C2H3F3O3S.CHF3O3S.CH4/c1-22(18(26)14-9-5-3-6-10-14)20-16(24)13-17(25)21-23(2)19(27)15-11-7-4-8-12-15;1-14(2,3)18-13(17)15-16(4)12(19-5)11-9-7-6-8-10-11;2*1-13(2,3)17-12(16)14-15(4)11(18)10-8-6-5-7-9-10;1-10(9)8(11)7-5-3-2-4-6-7;4-2(5)1-3(6)7;1-8-9(6,7)2(3,4)5;2-1(3,4)8(5,6)7;/h3-12H,13H2,1-2H3,(H,20,24)(H,21,25);6-10H,1-5H3;2*5-9H,1-4H3,(H,14,16);2-6H,9H2,1H3;1H2,(H,4,5)(H,6,7);1H3;(H,5,6,7);1H4/p+1/b;16-12+;;;;;;;. The van der Waals surface area contributed by atoms with Gasteiger partial charge in [0.1, 0.15) is 6.42 Å². The number of nitrogens with one attached hydrogen (secondary N) is 5. The number of carboxylic acids is 2. The number of hydrogen-bond donors (Lipinski definition) is 9. The van der Waals surface area contributed by atoms with Crippen molar-refractivity contribution < 1.29 is 115 Å². The van der Waals surface area contributed by atoms with E-state index in [-0.39, 0.29) is 40.6 Å². The van der Waals surface area contributed by atoms with E-state index in [9.17, 15) is 68.3 Å². The summed E-state index contributed by atoms with van der Waals surface area (Å²) in [7, 11) is -0.0194. The van der Waals surface area contributed by atoms with Crippen LogP contribution in [0.1, 0.15) is 116 Å². The maximum absolute atomic E-state index is 12.2. The van der Waals surface area contributed by atoms with Gasteiger partial charge in [-0.3, -0.25) is 18.3 Å². The molecule has 0 heterocycles. The summed E-state index contributed by atoms with van der Waals surface area (Å²) in [4.78, 5) is 78.2. The first-order valence-electron chi connectivity index (χ1n) is 33.2. The van der Waals surface area contributed by atoms with Crippen molar-refractivity contribution in [3.63, 3.8) is 0 Å². The molecule has 0 atom stereocenters. The van der Waals surface area contributed by atoms with E-state index in [1.165, 1.54) is 5.56 Å². The molecule has 0 unspecified atom stereocenters. The van der Waals surface area contributed by atoms with E-state index in [4.69, 9.17) is 43.2 Å². The van der Waals surface area contributed by atoms with Gasteiger partial charge in [-0.25, -0.2) is 0 Å². The van der Waals surface area contributed by atoms with Gasteiger partial charge in [0.05, 0.1) is 7.11 Å². The Morgan fingerprint density at radius 3 is 0.941 bits per heavy atom. The first kappa shape index (κ1) is 115. The van der Waals surface area contributed by atoms with Gasteiger partial charge in [0.15, 0.2) is 0 Å². The molecule has 0 aliphatic rings. The second-order valence-corrected chi connectivity index (χ2v) is 35.7. The number of benzene rings is 6. The summed E-state index contributed by atoms with van der Waals surface area (Å²) in [6, 6.07) is 59.2. The summed E-state index contributed by atoms with van der Waals surface area (Å²) >= 11 is 10.6. The zero-order chi connectivity index (χ0) is 90.6. The number of carbonyl (C=O) groups is 7. The molecule has 44 heteroatoms. The van der Waals surface area contributed by atoms with Crippen molar-refractivity contribution in [1.82, 2.24) is 52.2 Å². The van der Waals surface area contributed by atoms with Crippen molar-refractivity contribution >= 4 is 204 Å². The van der Waals surface area contributed by atoms with E-state index in [2.05, 4.69) is 52.7 Å². The molecule has 10 N–H and O–H groups in total. The summed E-state index contributed by atoms with van der Waals surface area (Å²) in [5.41, 5.74) is 7.50. The minimum absolute atomic E-state index is 0. The van der Waals surface area contributed by atoms with E-state index >= 15 is 0 Å². The summed E-state index contributed by atoms with van der Waals surface area (Å²) in [5.74, 6) is 4.30. The molecule has 30 nitrogen and oxygen atoms in total. The quantitative estimate of drug-likeness (QED) is 0.00286. The third-order valence-electron chi connectivity index (χ3n) is 12.1. The number of hydrogen-bond acceptors (Lipinski definition) is 21. The topological polar surface area (TPSA) is 391 Å². The number of carboxylic acid groups (broad SMARTS) is 2. The zero-order valence-electron chi connectivity index (χ0n) is 66.5. The summed E-state index contributed by atoms with van der Waals surface area (Å²) in [5, 5.41) is 23.5. The molecule has 6 aromatic rings. The minimum Gasteiger partial charge on any atom is -0.481 e. The van der Waals surface area contributed by atoms with Crippen molar-refractivity contribution in [3.8, 4) is 0 Å². The molecule has 0 saturated heterocycles. The molecule has 0 saturated carbocycles. The fraction of sp³-hybridized carbons (Fsp3) is 0.338. The van der Waals surface area contributed by atoms with Crippen LogP contribution in [-0.2, 0) is 57.8 Å². The molecule has 6 rings (SSSR count). The van der Waals surface area contributed by atoms with Crippen LogP contribution in [0.3, 0.4) is 0 Å². The first-order valence-corrected chi connectivity index (χ1v) is 44.2. The van der Waals surface area contributed by atoms with Crippen LogP contribution in [-0.4, -0.2) is 322 Å². The van der Waals surface area contributed by atoms with Crippen LogP contribution in [0.2, 0.25) is 5.82 Å². The number of ether oxygens (including phenoxy) is 3. The summed E-state index contributed by atoms with van der Waals surface area (Å²) < 4.78 is 136. The molecule has 0 fully saturated rings. The fourth-order valence-electron chi connectivity index (χ4n) is 7.30. The number of hydrazine groups is 6. The number of amides is 5. The van der Waals surface area contributed by atoms with E-state index < -0.39 is 84.7 Å². The van der Waals surface area contributed by atoms with Gasteiger partial charge in [0, 0.05) is 0 Å². The number of aliphatic carboxylic acids is 2. The minimum atomic E-state index is -5.84. The predicted octanol–water partition coefficient (Wildman–Crippen LogP) is 6.87. The smallest absolute Gasteiger partial charge is 0.481 e. The second-order valence-electron chi connectivity index (χ2n) is 25.7. The number of nitrogens with zero attached hydrogens (tertiary/aromatic N) is 6. The first-order chi connectivity index (χ1) is 53.7. The van der Waals surface area contributed by atoms with Crippen molar-refractivity contribution in [2.24, 2.45) is 5.84 Å². The molecule has 0 aliphatic heterocycles. The monoisotopic (exact) mass is 2300 g/mol. The Morgan fingerprint density at radius 2 is 0.712 bits per heavy atom. The summed E-state index contributed by atoms with van der Waals surface area (Å²) in [6.45, 7) is 16.5. The Bertz CT molecular complexity index is 4310. The molecule has 0 radical (unpaired) electrons. The van der Waals surface area contributed by atoms with E-state index in [0.29, 0.717) is 7.11 Å². The number of halogens is 6. The van der Waals surface area contributed by atoms with Crippen molar-refractivity contribution in [2.75, 3.05) is 49.4 Å². The van der Waals surface area contributed by atoms with E-state index in [1.54, 1.807) is 57.9 Å². The molecule has 0 bridgehead atoms. The van der Waals surface area contributed by atoms with Gasteiger partial charge in [-0.05, 0) is 0 Å². The predicted molar refractivity (Wildman–Crippen MR) is 448 cm³/mol. The maximum Gasteiger partial charge on any atom is 0.522 e. The van der Waals surface area contributed by atoms with Crippen LogP contribution >= 0.6 is 0 Å². The maximum atomic E-state index is 12.2. The van der Waals surface area contributed by atoms with Crippen LogP contribution in [0.4, 0.5) is 40.7 Å². The molecular weight excluding hydrogens is 2190 g/mol. The van der Waals surface area contributed by atoms with Crippen LogP contribution in [0.15, 0.2) is 182 Å². The Kier molecular flexibility index (Phi) is 54.7. The molecule has 0 aromatic heterocycles. The number of hydrazone groups is 1. The van der Waals surface area contributed by atoms with E-state index in [0.717, 1.165) is 51.7 Å². The Hall–Kier alpha value is -7.41. The zero-order valence-corrected chi connectivity index (χ0v) is 80.9. The molecule has 6 aromatic carbocycles. The Morgan fingerprint density at radius 1 is 0.458 bits per heavy atom. The number of nitrogens with two attached hydrogens (primary N) is 1. The summed E-state index contributed by atoms with van der Waals surface area (Å²) in [6.07, 6.45) is -2.44. The van der Waals surface area contributed by atoms with Crippen LogP contribution in [0, 0.1) is 0 Å². The van der Waals surface area contributed by atoms with Crippen molar-refractivity contribution in [3.05, 3.63) is 215 Å². The van der Waals surface area contributed by atoms with Gasteiger partial charge in [-0.2, -0.15) is 43.2 Å². The third-order valence-corrected chi connectivity index (χ3v) is 22.5. The van der Waals surface area contributed by atoms with Crippen molar-refractivity contribution in [1.29, 1.82) is 0 Å². The number of alkyl halides is 6. The molecular formula is C74H99F6N12O18S2Se2Te4+. The normalized spacial score (nSPS) is 10.9. The van der Waals surface area contributed by atoms with Gasteiger partial charge >= 0.3 is 665 Å². The van der Waals surface area contributed by atoms with Crippen LogP contribution in [0.25, 0.3) is 0 Å². The van der Waals surface area contributed by atoms with Gasteiger partial charge < -0.3 is 10.2 Å². The largest absolute Gasteiger partial charge is 0.522 e. The molecule has 652 valence electrons. The SMILES string of the molecule is C.CN(N)C(=[Te])c1ccccc1.CN(NC(=O)CC(=O)NN(C)C(=[Te])c1ccccc1)C(=[Te])c1ccccc1.CN(NC(=O)OC(C)(C)C)C(=[Se])c1ccccc1.CN(NC(=O)OC(C)(C)C)C(=[Te])c1ccccc1.COS(=O)(=O)C(F)(F)F.C[Se]/C(c1ccccc1)=[N+](\C)NC(=O)OC(C)(C)C.O=C(O)CC(=O)O.O=S(=O)(O)C(F)(F)F. The molecule has 5 amide bonds. The Labute approximate surface area is 750 Å². The van der Waals surface area contributed by atoms with Gasteiger partial charge in [0.2, 0.25) is 0 Å². The third kappa shape index (κ3) is 52.6. The van der Waals surface area contributed by atoms with Crippen LogP contribution in [0.5, 0.6) is 0 Å².